The van der Waals surface area contributed by atoms with Crippen LogP contribution in [0.2, 0.25) is 0 Å². The van der Waals surface area contributed by atoms with Gasteiger partial charge >= 0.3 is 6.03 Å². The molecule has 1 unspecified atom stereocenters. The third kappa shape index (κ3) is 7.10. The first-order valence-corrected chi connectivity index (χ1v) is 11.6. The molecule has 33 heavy (non-hydrogen) atoms. The van der Waals surface area contributed by atoms with E-state index >= 15 is 0 Å². The highest BCUT2D eigenvalue weighted by atomic mass is 16.5. The van der Waals surface area contributed by atoms with Gasteiger partial charge < -0.3 is 25.0 Å². The molecule has 1 aromatic carbocycles. The molecule has 1 fully saturated rings. The zero-order valence-electron chi connectivity index (χ0n) is 19.5. The predicted molar refractivity (Wildman–Crippen MR) is 128 cm³/mol. The molecule has 1 saturated heterocycles. The maximum absolute atomic E-state index is 13.1. The summed E-state index contributed by atoms with van der Waals surface area (Å²) in [6.07, 6.45) is 9.71. The predicted octanol–water partition coefficient (Wildman–Crippen LogP) is 4.33. The fourth-order valence-corrected chi connectivity index (χ4v) is 4.20. The highest BCUT2D eigenvalue weighted by molar-refractivity contribution is 5.99. The Hall–Kier alpha value is -3.29. The van der Waals surface area contributed by atoms with Gasteiger partial charge in [-0.05, 0) is 49.4 Å². The van der Waals surface area contributed by atoms with Gasteiger partial charge in [-0.25, -0.2) is 4.79 Å². The van der Waals surface area contributed by atoms with Gasteiger partial charge in [-0.2, -0.15) is 0 Å². The van der Waals surface area contributed by atoms with Gasteiger partial charge in [0, 0.05) is 37.7 Å². The summed E-state index contributed by atoms with van der Waals surface area (Å²) in [5.74, 6) is 1.60. The molecular weight excluding hydrogens is 420 g/mol. The maximum Gasteiger partial charge on any atom is 0.319 e. The van der Waals surface area contributed by atoms with Crippen molar-refractivity contribution >= 4 is 17.6 Å². The van der Waals surface area contributed by atoms with Crippen LogP contribution in [0.15, 0.2) is 42.7 Å². The third-order valence-corrected chi connectivity index (χ3v) is 5.98. The van der Waals surface area contributed by atoms with Crippen LogP contribution in [-0.4, -0.2) is 55.7 Å². The van der Waals surface area contributed by atoms with E-state index in [9.17, 15) is 9.59 Å². The van der Waals surface area contributed by atoms with Gasteiger partial charge in [-0.3, -0.25) is 9.78 Å². The Balaban J connectivity index is 1.31. The molecule has 3 rings (SSSR count). The Morgan fingerprint density at radius 2 is 1.73 bits per heavy atom. The number of benzene rings is 1. The standard InChI is InChI=1S/C25H34N4O4/c1-32-21-9-7-10-22(33-2)23(21)24(30)29-17-13-19(18-29)8-5-3-4-6-14-27-25(31)28-20-11-15-26-16-12-20/h7,9-12,15-16,19H,3-6,8,13-14,17-18H2,1-2H3,(H2,26,27,28,31). The van der Waals surface area contributed by atoms with Crippen LogP contribution in [0.4, 0.5) is 10.5 Å². The van der Waals surface area contributed by atoms with E-state index in [2.05, 4.69) is 15.6 Å². The molecule has 8 nitrogen and oxygen atoms in total. The number of anilines is 1. The number of aromatic nitrogens is 1. The van der Waals surface area contributed by atoms with Crippen LogP contribution in [-0.2, 0) is 0 Å². The lowest BCUT2D eigenvalue weighted by atomic mass is 10.00. The van der Waals surface area contributed by atoms with Crippen LogP contribution in [0, 0.1) is 5.92 Å². The smallest absolute Gasteiger partial charge is 0.319 e. The summed E-state index contributed by atoms with van der Waals surface area (Å²) >= 11 is 0. The largest absolute Gasteiger partial charge is 0.496 e. The van der Waals surface area contributed by atoms with E-state index in [0.29, 0.717) is 29.5 Å². The van der Waals surface area contributed by atoms with Crippen molar-refractivity contribution in [1.29, 1.82) is 0 Å². The quantitative estimate of drug-likeness (QED) is 0.493. The van der Waals surface area contributed by atoms with Gasteiger partial charge in [-0.15, -0.1) is 0 Å². The molecule has 2 heterocycles. The number of methoxy groups -OCH3 is 2. The SMILES string of the molecule is COc1cccc(OC)c1C(=O)N1CCC(CCCCCCNC(=O)Nc2ccncc2)C1. The van der Waals surface area contributed by atoms with Crippen molar-refractivity contribution in [2.75, 3.05) is 39.2 Å². The molecule has 1 aliphatic rings. The Morgan fingerprint density at radius 1 is 1.03 bits per heavy atom. The van der Waals surface area contributed by atoms with Crippen LogP contribution < -0.4 is 20.1 Å². The number of carbonyl (C=O) groups is 2. The van der Waals surface area contributed by atoms with Gasteiger partial charge in [0.15, 0.2) is 0 Å². The first kappa shape index (κ1) is 24.4. The highest BCUT2D eigenvalue weighted by Gasteiger charge is 2.30. The maximum atomic E-state index is 13.1. The first-order valence-electron chi connectivity index (χ1n) is 11.6. The van der Waals surface area contributed by atoms with Crippen LogP contribution in [0.5, 0.6) is 11.5 Å². The summed E-state index contributed by atoms with van der Waals surface area (Å²) in [7, 11) is 3.14. The molecule has 2 N–H and O–H groups in total. The monoisotopic (exact) mass is 454 g/mol. The van der Waals surface area contributed by atoms with Gasteiger partial charge in [0.05, 0.1) is 14.2 Å². The molecular formula is C25H34N4O4. The Bertz CT molecular complexity index is 884. The number of likely N-dealkylation sites (tertiary alicyclic amines) is 1. The molecule has 0 saturated carbocycles. The van der Waals surface area contributed by atoms with Crippen molar-refractivity contribution in [2.45, 2.75) is 38.5 Å². The normalized spacial score (nSPS) is 15.2. The zero-order valence-corrected chi connectivity index (χ0v) is 19.5. The average molecular weight is 455 g/mol. The Morgan fingerprint density at radius 3 is 2.42 bits per heavy atom. The molecule has 0 aliphatic carbocycles. The molecule has 1 aromatic heterocycles. The second-order valence-electron chi connectivity index (χ2n) is 8.26. The van der Waals surface area contributed by atoms with Gasteiger partial charge in [0.25, 0.3) is 5.91 Å². The number of unbranched alkanes of at least 4 members (excludes halogenated alkanes) is 3. The number of rotatable bonds is 11. The Kier molecular flexibility index (Phi) is 9.35. The van der Waals surface area contributed by atoms with Crippen molar-refractivity contribution in [2.24, 2.45) is 5.92 Å². The minimum Gasteiger partial charge on any atom is -0.496 e. The minimum atomic E-state index is -0.191. The molecule has 2 aromatic rings. The van der Waals surface area contributed by atoms with Crippen molar-refractivity contribution in [3.8, 4) is 11.5 Å². The van der Waals surface area contributed by atoms with Crippen molar-refractivity contribution < 1.29 is 19.1 Å². The van der Waals surface area contributed by atoms with E-state index in [1.807, 2.05) is 11.0 Å². The van der Waals surface area contributed by atoms with Crippen molar-refractivity contribution in [3.05, 3.63) is 48.3 Å². The molecule has 3 amide bonds. The summed E-state index contributed by atoms with van der Waals surface area (Å²) in [5.41, 5.74) is 1.24. The zero-order chi connectivity index (χ0) is 23.5. The van der Waals surface area contributed by atoms with Crippen LogP contribution in [0.1, 0.15) is 48.9 Å². The van der Waals surface area contributed by atoms with Crippen molar-refractivity contribution in [1.82, 2.24) is 15.2 Å². The Labute approximate surface area is 195 Å². The second-order valence-corrected chi connectivity index (χ2v) is 8.26. The summed E-state index contributed by atoms with van der Waals surface area (Å²) in [6, 6.07) is 8.73. The van der Waals surface area contributed by atoms with Crippen molar-refractivity contribution in [3.63, 3.8) is 0 Å². The molecule has 178 valence electrons. The number of urea groups is 1. The van der Waals surface area contributed by atoms with Gasteiger partial charge in [-0.1, -0.05) is 25.3 Å². The average Bonchev–Trinajstić information content (AvgIpc) is 3.32. The van der Waals surface area contributed by atoms with Crippen LogP contribution in [0.3, 0.4) is 0 Å². The van der Waals surface area contributed by atoms with E-state index in [1.165, 1.54) is 0 Å². The summed E-state index contributed by atoms with van der Waals surface area (Å²) in [5, 5.41) is 5.66. The second kappa shape index (κ2) is 12.7. The molecule has 1 aliphatic heterocycles. The van der Waals surface area contributed by atoms with E-state index < -0.39 is 0 Å². The summed E-state index contributed by atoms with van der Waals surface area (Å²) in [4.78, 5) is 30.8. The summed E-state index contributed by atoms with van der Waals surface area (Å²) < 4.78 is 10.8. The molecule has 0 radical (unpaired) electrons. The number of hydrogen-bond acceptors (Lipinski definition) is 5. The number of amides is 3. The third-order valence-electron chi connectivity index (χ3n) is 5.98. The number of nitrogens with zero attached hydrogens (tertiary/aromatic N) is 2. The lowest BCUT2D eigenvalue weighted by Crippen LogP contribution is -2.29. The van der Waals surface area contributed by atoms with Gasteiger partial charge in [0.1, 0.15) is 17.1 Å². The van der Waals surface area contributed by atoms with E-state index in [-0.39, 0.29) is 11.9 Å². The lowest BCUT2D eigenvalue weighted by Gasteiger charge is -2.20. The highest BCUT2D eigenvalue weighted by Crippen LogP contribution is 2.32. The van der Waals surface area contributed by atoms with Gasteiger partial charge in [0.2, 0.25) is 0 Å². The van der Waals surface area contributed by atoms with Crippen LogP contribution >= 0.6 is 0 Å². The van der Waals surface area contributed by atoms with E-state index in [0.717, 1.165) is 57.3 Å². The number of carbonyl (C=O) groups excluding carboxylic acids is 2. The fourth-order valence-electron chi connectivity index (χ4n) is 4.20. The topological polar surface area (TPSA) is 92.8 Å². The number of nitrogens with one attached hydrogen (secondary N) is 2. The van der Waals surface area contributed by atoms with E-state index in [4.69, 9.17) is 9.47 Å². The lowest BCUT2D eigenvalue weighted by molar-refractivity contribution is 0.0779. The first-order chi connectivity index (χ1) is 16.1. The molecule has 1 atom stereocenters. The van der Waals surface area contributed by atoms with Crippen LogP contribution in [0.25, 0.3) is 0 Å². The van der Waals surface area contributed by atoms with E-state index in [1.54, 1.807) is 50.9 Å². The number of ether oxygens (including phenoxy) is 2. The number of pyridine rings is 1. The minimum absolute atomic E-state index is 0.0251. The fraction of sp³-hybridized carbons (Fsp3) is 0.480. The summed E-state index contributed by atoms with van der Waals surface area (Å²) in [6.45, 7) is 2.20. The molecule has 0 spiro atoms. The number of hydrogen-bond donors (Lipinski definition) is 2. The molecule has 0 bridgehead atoms. The molecule has 8 heteroatoms.